The molecule has 0 unspecified atom stereocenters. The molecule has 7 heteroatoms. The Morgan fingerprint density at radius 3 is 2.40 bits per heavy atom. The molecule has 0 saturated carbocycles. The number of rotatable bonds is 6. The van der Waals surface area contributed by atoms with Crippen LogP contribution in [0.2, 0.25) is 0 Å². The summed E-state index contributed by atoms with van der Waals surface area (Å²) in [5, 5.41) is 3.01. The Morgan fingerprint density at radius 1 is 1.16 bits per heavy atom. The van der Waals surface area contributed by atoms with E-state index >= 15 is 0 Å². The lowest BCUT2D eigenvalue weighted by Gasteiger charge is -2.33. The molecule has 1 saturated heterocycles. The minimum atomic E-state index is -0.198. The first-order valence-electron chi connectivity index (χ1n) is 8.43. The van der Waals surface area contributed by atoms with Gasteiger partial charge in [0.15, 0.2) is 0 Å². The number of nitrogens with zero attached hydrogens (tertiary/aromatic N) is 2. The van der Waals surface area contributed by atoms with Crippen LogP contribution in [0.4, 0.5) is 0 Å². The molecule has 7 nitrogen and oxygen atoms in total. The molecule has 1 heterocycles. The van der Waals surface area contributed by atoms with Crippen molar-refractivity contribution in [3.05, 3.63) is 23.8 Å². The number of hydrogen-bond acceptors (Lipinski definition) is 5. The van der Waals surface area contributed by atoms with Crippen LogP contribution >= 0.6 is 0 Å². The van der Waals surface area contributed by atoms with Gasteiger partial charge in [-0.3, -0.25) is 14.5 Å². The highest BCUT2D eigenvalue weighted by atomic mass is 16.5. The van der Waals surface area contributed by atoms with Crippen molar-refractivity contribution in [2.75, 3.05) is 46.9 Å². The average molecular weight is 349 g/mol. The van der Waals surface area contributed by atoms with E-state index in [0.29, 0.717) is 38.5 Å². The lowest BCUT2D eigenvalue weighted by molar-refractivity contribution is -0.131. The van der Waals surface area contributed by atoms with Crippen molar-refractivity contribution in [2.24, 2.45) is 0 Å². The molecular weight excluding hydrogens is 322 g/mol. The summed E-state index contributed by atoms with van der Waals surface area (Å²) >= 11 is 0. The molecule has 2 amide bonds. The summed E-state index contributed by atoms with van der Waals surface area (Å²) in [5.74, 6) is 1.47. The molecule has 25 heavy (non-hydrogen) atoms. The lowest BCUT2D eigenvalue weighted by Crippen LogP contribution is -2.50. The summed E-state index contributed by atoms with van der Waals surface area (Å²) in [6, 6.07) is 5.33. The maximum Gasteiger partial charge on any atom is 0.234 e. The highest BCUT2D eigenvalue weighted by Crippen LogP contribution is 2.29. The van der Waals surface area contributed by atoms with Gasteiger partial charge in [-0.15, -0.1) is 0 Å². The van der Waals surface area contributed by atoms with E-state index in [9.17, 15) is 9.59 Å². The predicted molar refractivity (Wildman–Crippen MR) is 94.8 cm³/mol. The van der Waals surface area contributed by atoms with E-state index in [4.69, 9.17) is 9.47 Å². The Balaban J connectivity index is 1.91. The zero-order valence-corrected chi connectivity index (χ0v) is 15.4. The number of piperazine rings is 1. The second-order valence-corrected chi connectivity index (χ2v) is 6.18. The first-order valence-corrected chi connectivity index (χ1v) is 8.43. The number of hydrogen-bond donors (Lipinski definition) is 1. The summed E-state index contributed by atoms with van der Waals surface area (Å²) in [6.45, 7) is 6.58. The van der Waals surface area contributed by atoms with Crippen molar-refractivity contribution in [1.29, 1.82) is 0 Å². The molecule has 1 N–H and O–H groups in total. The summed E-state index contributed by atoms with van der Waals surface area (Å²) < 4.78 is 10.6. The van der Waals surface area contributed by atoms with Gasteiger partial charge in [-0.05, 0) is 25.1 Å². The van der Waals surface area contributed by atoms with Crippen LogP contribution in [-0.4, -0.2) is 68.6 Å². The lowest BCUT2D eigenvalue weighted by atomic mass is 10.1. The molecule has 2 rings (SSSR count). The topological polar surface area (TPSA) is 71.1 Å². The van der Waals surface area contributed by atoms with E-state index in [0.717, 1.165) is 11.3 Å². The standard InChI is InChI=1S/C18H27N3O4/c1-13(16-11-15(24-3)5-6-17(16)25-4)19-18(23)12-20-7-9-21(10-8-20)14(2)22/h5-6,11,13H,7-10,12H2,1-4H3,(H,19,23)/t13-/m0/s1. The third-order valence-corrected chi connectivity index (χ3v) is 4.47. The molecule has 1 atom stereocenters. The fourth-order valence-electron chi connectivity index (χ4n) is 2.97. The van der Waals surface area contributed by atoms with Crippen LogP contribution in [0.3, 0.4) is 0 Å². The number of carbonyl (C=O) groups excluding carboxylic acids is 2. The smallest absolute Gasteiger partial charge is 0.234 e. The molecule has 1 aromatic rings. The fraction of sp³-hybridized carbons (Fsp3) is 0.556. The molecule has 1 aliphatic rings. The number of amides is 2. The van der Waals surface area contributed by atoms with Gasteiger partial charge in [0.1, 0.15) is 11.5 Å². The Hall–Kier alpha value is -2.28. The third-order valence-electron chi connectivity index (χ3n) is 4.47. The third kappa shape index (κ3) is 5.09. The van der Waals surface area contributed by atoms with Gasteiger partial charge in [0, 0.05) is 38.7 Å². The molecule has 1 fully saturated rings. The minimum Gasteiger partial charge on any atom is -0.497 e. The second kappa shape index (κ2) is 8.71. The summed E-state index contributed by atoms with van der Waals surface area (Å²) in [7, 11) is 3.21. The maximum absolute atomic E-state index is 12.4. The van der Waals surface area contributed by atoms with Crippen LogP contribution < -0.4 is 14.8 Å². The number of benzene rings is 1. The van der Waals surface area contributed by atoms with Crippen molar-refractivity contribution < 1.29 is 19.1 Å². The Labute approximate surface area is 148 Å². The largest absolute Gasteiger partial charge is 0.497 e. The predicted octanol–water partition coefficient (Wildman–Crippen LogP) is 1.05. The van der Waals surface area contributed by atoms with Crippen molar-refractivity contribution in [3.8, 4) is 11.5 Å². The molecule has 0 radical (unpaired) electrons. The zero-order chi connectivity index (χ0) is 18.4. The minimum absolute atomic E-state index is 0.0475. The summed E-state index contributed by atoms with van der Waals surface area (Å²) in [6.07, 6.45) is 0. The van der Waals surface area contributed by atoms with Gasteiger partial charge in [-0.2, -0.15) is 0 Å². The second-order valence-electron chi connectivity index (χ2n) is 6.18. The molecule has 138 valence electrons. The van der Waals surface area contributed by atoms with Crippen LogP contribution in [0.5, 0.6) is 11.5 Å². The van der Waals surface area contributed by atoms with E-state index in [1.54, 1.807) is 26.0 Å². The number of methoxy groups -OCH3 is 2. The van der Waals surface area contributed by atoms with E-state index in [-0.39, 0.29) is 17.9 Å². The number of nitrogens with one attached hydrogen (secondary N) is 1. The first-order chi connectivity index (χ1) is 11.9. The van der Waals surface area contributed by atoms with Crippen molar-refractivity contribution in [2.45, 2.75) is 19.9 Å². The van der Waals surface area contributed by atoms with Crippen molar-refractivity contribution in [1.82, 2.24) is 15.1 Å². The SMILES string of the molecule is COc1ccc(OC)c([C@H](C)NC(=O)CN2CCN(C(C)=O)CC2)c1. The van der Waals surface area contributed by atoms with Gasteiger partial charge in [0.25, 0.3) is 0 Å². The fourth-order valence-corrected chi connectivity index (χ4v) is 2.97. The van der Waals surface area contributed by atoms with Crippen LogP contribution in [0.25, 0.3) is 0 Å². The van der Waals surface area contributed by atoms with E-state index in [1.165, 1.54) is 0 Å². The molecule has 0 bridgehead atoms. The van der Waals surface area contributed by atoms with E-state index in [1.807, 2.05) is 25.1 Å². The van der Waals surface area contributed by atoms with Gasteiger partial charge < -0.3 is 19.7 Å². The van der Waals surface area contributed by atoms with E-state index in [2.05, 4.69) is 10.2 Å². The van der Waals surface area contributed by atoms with Gasteiger partial charge in [0.05, 0.1) is 26.8 Å². The molecule has 0 spiro atoms. The first kappa shape index (κ1) is 19.1. The number of ether oxygens (including phenoxy) is 2. The van der Waals surface area contributed by atoms with Crippen molar-refractivity contribution >= 4 is 11.8 Å². The van der Waals surface area contributed by atoms with Gasteiger partial charge >= 0.3 is 0 Å². The maximum atomic E-state index is 12.4. The van der Waals surface area contributed by atoms with Crippen LogP contribution in [0, 0.1) is 0 Å². The Kier molecular flexibility index (Phi) is 6.64. The van der Waals surface area contributed by atoms with Crippen LogP contribution in [-0.2, 0) is 9.59 Å². The van der Waals surface area contributed by atoms with Gasteiger partial charge in [-0.1, -0.05) is 0 Å². The van der Waals surface area contributed by atoms with E-state index < -0.39 is 0 Å². The van der Waals surface area contributed by atoms with Crippen LogP contribution in [0.1, 0.15) is 25.5 Å². The average Bonchev–Trinajstić information content (AvgIpc) is 2.61. The Morgan fingerprint density at radius 2 is 1.84 bits per heavy atom. The molecule has 1 aromatic carbocycles. The summed E-state index contributed by atoms with van der Waals surface area (Å²) in [4.78, 5) is 27.6. The molecular formula is C18H27N3O4. The highest BCUT2D eigenvalue weighted by Gasteiger charge is 2.21. The number of carbonyl (C=O) groups is 2. The Bertz CT molecular complexity index is 612. The van der Waals surface area contributed by atoms with Gasteiger partial charge in [-0.25, -0.2) is 0 Å². The van der Waals surface area contributed by atoms with Gasteiger partial charge in [0.2, 0.25) is 11.8 Å². The van der Waals surface area contributed by atoms with Crippen molar-refractivity contribution in [3.63, 3.8) is 0 Å². The van der Waals surface area contributed by atoms with Crippen LogP contribution in [0.15, 0.2) is 18.2 Å². The highest BCUT2D eigenvalue weighted by molar-refractivity contribution is 5.78. The normalized spacial score (nSPS) is 16.2. The molecule has 0 aliphatic carbocycles. The monoisotopic (exact) mass is 349 g/mol. The summed E-state index contributed by atoms with van der Waals surface area (Å²) in [5.41, 5.74) is 0.872. The molecule has 0 aromatic heterocycles. The zero-order valence-electron chi connectivity index (χ0n) is 15.4. The molecule has 1 aliphatic heterocycles. The quantitative estimate of drug-likeness (QED) is 0.831.